The smallest absolute Gasteiger partial charge is 0.308 e. The SMILES string of the molecule is CCCCCCCCC(CCCCCC)C(=O)OCCCCCCN(CCCCCCOC(=O)C(CCCCCC)CCCCCCCC)CCC(O)CN(C)C. The Morgan fingerprint density at radius 2 is 0.737 bits per heavy atom. The third kappa shape index (κ3) is 37.6. The highest BCUT2D eigenvalue weighted by Crippen LogP contribution is 2.22. The third-order valence-corrected chi connectivity index (χ3v) is 11.9. The normalized spacial score (nSPS) is 13.4. The summed E-state index contributed by atoms with van der Waals surface area (Å²) in [5.74, 6) is 0.255. The van der Waals surface area contributed by atoms with Gasteiger partial charge in [-0.25, -0.2) is 0 Å². The molecule has 0 aromatic carbocycles. The van der Waals surface area contributed by atoms with E-state index >= 15 is 0 Å². The first-order valence-electron chi connectivity index (χ1n) is 25.2. The van der Waals surface area contributed by atoms with Gasteiger partial charge in [-0.05, 0) is 85.0 Å². The van der Waals surface area contributed by atoms with Crippen molar-refractivity contribution >= 4 is 11.9 Å². The van der Waals surface area contributed by atoms with Gasteiger partial charge < -0.3 is 24.4 Å². The summed E-state index contributed by atoms with van der Waals surface area (Å²) in [5.41, 5.74) is 0. The average Bonchev–Trinajstić information content (AvgIpc) is 3.19. The van der Waals surface area contributed by atoms with Crippen molar-refractivity contribution in [3.8, 4) is 0 Å². The molecular formula is C50H100N2O5. The average molecular weight is 809 g/mol. The maximum atomic E-state index is 13.0. The summed E-state index contributed by atoms with van der Waals surface area (Å²) in [6, 6.07) is 0. The first-order valence-corrected chi connectivity index (χ1v) is 25.2. The first kappa shape index (κ1) is 55.8. The predicted molar refractivity (Wildman–Crippen MR) is 245 cm³/mol. The van der Waals surface area contributed by atoms with E-state index in [0.717, 1.165) is 129 Å². The summed E-state index contributed by atoms with van der Waals surface area (Å²) in [4.78, 5) is 30.7. The molecule has 0 saturated heterocycles. The molecule has 0 heterocycles. The molecule has 7 nitrogen and oxygen atoms in total. The molecule has 0 aliphatic rings. The van der Waals surface area contributed by atoms with Gasteiger partial charge in [-0.3, -0.25) is 9.59 Å². The van der Waals surface area contributed by atoms with Crippen LogP contribution in [-0.2, 0) is 19.1 Å². The number of hydrogen-bond acceptors (Lipinski definition) is 7. The Labute approximate surface area is 355 Å². The van der Waals surface area contributed by atoms with Gasteiger partial charge in [-0.2, -0.15) is 0 Å². The Hall–Kier alpha value is -1.18. The number of aliphatic hydroxyl groups is 1. The number of ether oxygens (including phenoxy) is 2. The highest BCUT2D eigenvalue weighted by atomic mass is 16.5. The molecule has 0 aliphatic carbocycles. The fourth-order valence-electron chi connectivity index (χ4n) is 8.08. The zero-order valence-corrected chi connectivity index (χ0v) is 39.3. The van der Waals surface area contributed by atoms with E-state index in [0.29, 0.717) is 19.8 Å². The van der Waals surface area contributed by atoms with Gasteiger partial charge in [0.05, 0.1) is 31.2 Å². The van der Waals surface area contributed by atoms with Crippen LogP contribution in [0.25, 0.3) is 0 Å². The van der Waals surface area contributed by atoms with Crippen LogP contribution >= 0.6 is 0 Å². The van der Waals surface area contributed by atoms with Gasteiger partial charge in [0.25, 0.3) is 0 Å². The van der Waals surface area contributed by atoms with E-state index in [1.54, 1.807) is 0 Å². The van der Waals surface area contributed by atoms with E-state index in [1.807, 2.05) is 14.1 Å². The minimum absolute atomic E-state index is 0.0474. The minimum atomic E-state index is -0.306. The van der Waals surface area contributed by atoms with Crippen molar-refractivity contribution in [2.75, 3.05) is 53.5 Å². The molecule has 0 amide bonds. The first-order chi connectivity index (χ1) is 27.8. The topological polar surface area (TPSA) is 79.3 Å². The molecule has 0 saturated carbocycles. The van der Waals surface area contributed by atoms with Crippen molar-refractivity contribution < 1.29 is 24.2 Å². The van der Waals surface area contributed by atoms with Crippen LogP contribution in [0.15, 0.2) is 0 Å². The lowest BCUT2D eigenvalue weighted by molar-refractivity contribution is -0.150. The van der Waals surface area contributed by atoms with E-state index in [4.69, 9.17) is 9.47 Å². The number of rotatable bonds is 45. The summed E-state index contributed by atoms with van der Waals surface area (Å²) in [5, 5.41) is 10.5. The Bertz CT molecular complexity index is 797. The molecule has 1 N–H and O–H groups in total. The van der Waals surface area contributed by atoms with Crippen LogP contribution in [0.1, 0.15) is 240 Å². The highest BCUT2D eigenvalue weighted by Gasteiger charge is 2.20. The second kappa shape index (κ2) is 42.9. The Morgan fingerprint density at radius 1 is 0.421 bits per heavy atom. The molecule has 0 fully saturated rings. The molecule has 0 bridgehead atoms. The monoisotopic (exact) mass is 809 g/mol. The Kier molecular flexibility index (Phi) is 42.0. The molecule has 57 heavy (non-hydrogen) atoms. The van der Waals surface area contributed by atoms with Crippen LogP contribution in [0.5, 0.6) is 0 Å². The van der Waals surface area contributed by atoms with Crippen LogP contribution in [0, 0.1) is 11.8 Å². The molecule has 0 aromatic rings. The molecule has 0 radical (unpaired) electrons. The number of likely N-dealkylation sites (N-methyl/N-ethyl adjacent to an activating group) is 1. The van der Waals surface area contributed by atoms with Crippen molar-refractivity contribution in [2.45, 2.75) is 246 Å². The summed E-state index contributed by atoms with van der Waals surface area (Å²) in [6.45, 7) is 13.8. The largest absolute Gasteiger partial charge is 0.465 e. The summed E-state index contributed by atoms with van der Waals surface area (Å²) >= 11 is 0. The minimum Gasteiger partial charge on any atom is -0.465 e. The number of carbonyl (C=O) groups is 2. The third-order valence-electron chi connectivity index (χ3n) is 11.9. The van der Waals surface area contributed by atoms with Crippen LogP contribution in [-0.4, -0.2) is 86.4 Å². The lowest BCUT2D eigenvalue weighted by Crippen LogP contribution is -2.33. The molecule has 0 aliphatic heterocycles. The zero-order valence-electron chi connectivity index (χ0n) is 39.3. The van der Waals surface area contributed by atoms with E-state index in [1.165, 1.54) is 103 Å². The molecule has 340 valence electrons. The van der Waals surface area contributed by atoms with Crippen LogP contribution in [0.4, 0.5) is 0 Å². The molecule has 0 spiro atoms. The molecule has 7 heteroatoms. The summed E-state index contributed by atoms with van der Waals surface area (Å²) < 4.78 is 11.7. The lowest BCUT2D eigenvalue weighted by Gasteiger charge is -2.24. The van der Waals surface area contributed by atoms with Gasteiger partial charge in [0, 0.05) is 13.1 Å². The number of carbonyl (C=O) groups excluding carboxylic acids is 2. The Balaban J connectivity index is 4.59. The van der Waals surface area contributed by atoms with Crippen LogP contribution in [0.3, 0.4) is 0 Å². The van der Waals surface area contributed by atoms with Gasteiger partial charge >= 0.3 is 11.9 Å². The van der Waals surface area contributed by atoms with Gasteiger partial charge in [0.15, 0.2) is 0 Å². The van der Waals surface area contributed by atoms with Crippen molar-refractivity contribution in [2.24, 2.45) is 11.8 Å². The number of nitrogens with zero attached hydrogens (tertiary/aromatic N) is 2. The van der Waals surface area contributed by atoms with Gasteiger partial charge in [-0.15, -0.1) is 0 Å². The van der Waals surface area contributed by atoms with E-state index in [-0.39, 0.29) is 29.9 Å². The van der Waals surface area contributed by atoms with E-state index < -0.39 is 0 Å². The van der Waals surface area contributed by atoms with Gasteiger partial charge in [0.1, 0.15) is 0 Å². The molecule has 0 aromatic heterocycles. The van der Waals surface area contributed by atoms with Crippen molar-refractivity contribution in [3.63, 3.8) is 0 Å². The van der Waals surface area contributed by atoms with Gasteiger partial charge in [-0.1, -0.05) is 182 Å². The van der Waals surface area contributed by atoms with Crippen molar-refractivity contribution in [1.82, 2.24) is 9.80 Å². The maximum Gasteiger partial charge on any atom is 0.308 e. The Morgan fingerprint density at radius 3 is 1.11 bits per heavy atom. The highest BCUT2D eigenvalue weighted by molar-refractivity contribution is 5.72. The number of unbranched alkanes of at least 4 members (excludes halogenated alkanes) is 22. The van der Waals surface area contributed by atoms with Crippen molar-refractivity contribution in [1.29, 1.82) is 0 Å². The lowest BCUT2D eigenvalue weighted by atomic mass is 9.94. The summed E-state index contributed by atoms with van der Waals surface area (Å²) in [6.07, 6.45) is 37.9. The number of hydrogen-bond donors (Lipinski definition) is 1. The number of esters is 2. The standard InChI is InChI=1S/C50H100N2O5/c1-7-11-15-19-21-29-37-46(35-27-17-13-9-3)49(54)56-43-33-25-23-31-40-52(42-39-48(53)45-51(5)6)41-32-24-26-34-44-57-50(55)47(36-28-18-14-10-4)38-30-22-20-16-12-8-2/h46-48,53H,7-45H2,1-6H3. The molecule has 0 rings (SSSR count). The second-order valence-electron chi connectivity index (χ2n) is 17.9. The molecule has 3 atom stereocenters. The van der Waals surface area contributed by atoms with Crippen molar-refractivity contribution in [3.05, 3.63) is 0 Å². The zero-order chi connectivity index (χ0) is 42.0. The number of aliphatic hydroxyl groups excluding tert-OH is 1. The second-order valence-corrected chi connectivity index (χ2v) is 17.9. The predicted octanol–water partition coefficient (Wildman–Crippen LogP) is 13.5. The fourth-order valence-corrected chi connectivity index (χ4v) is 8.08. The molecular weight excluding hydrogens is 709 g/mol. The molecule has 3 unspecified atom stereocenters. The maximum absolute atomic E-state index is 13.0. The van der Waals surface area contributed by atoms with Crippen LogP contribution < -0.4 is 0 Å². The van der Waals surface area contributed by atoms with Gasteiger partial charge in [0.2, 0.25) is 0 Å². The quantitative estimate of drug-likeness (QED) is 0.0485. The van der Waals surface area contributed by atoms with E-state index in [9.17, 15) is 14.7 Å². The fraction of sp³-hybridized carbons (Fsp3) is 0.960. The summed E-state index contributed by atoms with van der Waals surface area (Å²) in [7, 11) is 4.03. The van der Waals surface area contributed by atoms with Crippen LogP contribution in [0.2, 0.25) is 0 Å². The van der Waals surface area contributed by atoms with E-state index in [2.05, 4.69) is 37.5 Å².